The van der Waals surface area contributed by atoms with Crippen molar-refractivity contribution in [2.75, 3.05) is 20.2 Å². The number of aryl methyl sites for hydroxylation is 1. The fourth-order valence-electron chi connectivity index (χ4n) is 4.96. The molecular formula is C26H29ClF3NO3. The number of hydrogen-bond acceptors (Lipinski definition) is 4. The summed E-state index contributed by atoms with van der Waals surface area (Å²) < 4.78 is 51.8. The standard InChI is InChI=1S/C26H29ClF3NO3/c1-16-9-20(11-24(27)22(16)14-31-12-19(13-31)25(32)33-2)34-15-17-7-8-21(18-5-3-4-6-18)23(10-17)26(28,29)30/h7-11,18-19H,3-6,12-15H2,1-2H3. The van der Waals surface area contributed by atoms with Gasteiger partial charge in [-0.05, 0) is 66.1 Å². The van der Waals surface area contributed by atoms with Gasteiger partial charge < -0.3 is 9.47 Å². The van der Waals surface area contributed by atoms with Crippen LogP contribution in [0.1, 0.15) is 59.4 Å². The molecule has 1 aliphatic heterocycles. The highest BCUT2D eigenvalue weighted by Gasteiger charge is 2.36. The minimum atomic E-state index is -4.39. The number of carbonyl (C=O) groups excluding carboxylic acids is 1. The van der Waals surface area contributed by atoms with Crippen molar-refractivity contribution < 1.29 is 27.4 Å². The lowest BCUT2D eigenvalue weighted by molar-refractivity contribution is -0.151. The predicted molar refractivity (Wildman–Crippen MR) is 124 cm³/mol. The van der Waals surface area contributed by atoms with Gasteiger partial charge in [0, 0.05) is 24.7 Å². The Morgan fingerprint density at radius 1 is 1.15 bits per heavy atom. The first-order chi connectivity index (χ1) is 16.2. The van der Waals surface area contributed by atoms with Gasteiger partial charge in [-0.3, -0.25) is 9.69 Å². The van der Waals surface area contributed by atoms with E-state index in [2.05, 4.69) is 4.90 Å². The van der Waals surface area contributed by atoms with Crippen LogP contribution in [0.3, 0.4) is 0 Å². The molecule has 0 radical (unpaired) electrons. The molecule has 0 atom stereocenters. The lowest BCUT2D eigenvalue weighted by Gasteiger charge is -2.37. The van der Waals surface area contributed by atoms with Crippen molar-refractivity contribution in [3.8, 4) is 5.75 Å². The Hall–Kier alpha value is -2.25. The molecule has 184 valence electrons. The lowest BCUT2D eigenvalue weighted by Crippen LogP contribution is -2.50. The normalized spacial score (nSPS) is 17.6. The van der Waals surface area contributed by atoms with Gasteiger partial charge in [-0.1, -0.05) is 36.6 Å². The summed E-state index contributed by atoms with van der Waals surface area (Å²) in [5, 5.41) is 0.532. The van der Waals surface area contributed by atoms with E-state index in [4.69, 9.17) is 21.1 Å². The number of nitrogens with zero attached hydrogens (tertiary/aromatic N) is 1. The van der Waals surface area contributed by atoms with Crippen LogP contribution >= 0.6 is 11.6 Å². The van der Waals surface area contributed by atoms with Crippen LogP contribution in [0.2, 0.25) is 5.02 Å². The van der Waals surface area contributed by atoms with E-state index < -0.39 is 11.7 Å². The van der Waals surface area contributed by atoms with Crippen molar-refractivity contribution in [2.24, 2.45) is 5.92 Å². The maximum atomic E-state index is 13.7. The van der Waals surface area contributed by atoms with Crippen LogP contribution in [-0.4, -0.2) is 31.1 Å². The van der Waals surface area contributed by atoms with Gasteiger partial charge in [-0.2, -0.15) is 13.2 Å². The average Bonchev–Trinajstić information content (AvgIpc) is 3.29. The van der Waals surface area contributed by atoms with Crippen LogP contribution in [0.5, 0.6) is 5.75 Å². The largest absolute Gasteiger partial charge is 0.489 e. The molecule has 2 aromatic rings. The molecule has 1 saturated heterocycles. The van der Waals surface area contributed by atoms with E-state index in [0.717, 1.165) is 36.8 Å². The minimum absolute atomic E-state index is 0.0186. The second-order valence-corrected chi connectivity index (χ2v) is 9.71. The summed E-state index contributed by atoms with van der Waals surface area (Å²) in [7, 11) is 1.39. The Labute approximate surface area is 203 Å². The van der Waals surface area contributed by atoms with Gasteiger partial charge in [0.15, 0.2) is 0 Å². The fourth-order valence-corrected chi connectivity index (χ4v) is 5.28. The van der Waals surface area contributed by atoms with Gasteiger partial charge in [0.1, 0.15) is 12.4 Å². The maximum Gasteiger partial charge on any atom is 0.416 e. The van der Waals surface area contributed by atoms with Crippen molar-refractivity contribution in [2.45, 2.75) is 57.9 Å². The molecule has 0 aromatic heterocycles. The van der Waals surface area contributed by atoms with Crippen LogP contribution in [0, 0.1) is 12.8 Å². The number of halogens is 4. The summed E-state index contributed by atoms with van der Waals surface area (Å²) in [5.41, 5.74) is 2.19. The molecule has 34 heavy (non-hydrogen) atoms. The van der Waals surface area contributed by atoms with Crippen LogP contribution in [-0.2, 0) is 28.9 Å². The fraction of sp³-hybridized carbons (Fsp3) is 0.500. The van der Waals surface area contributed by atoms with Gasteiger partial charge in [0.05, 0.1) is 18.6 Å². The molecular weight excluding hydrogens is 467 g/mol. The van der Waals surface area contributed by atoms with Crippen molar-refractivity contribution >= 4 is 17.6 Å². The summed E-state index contributed by atoms with van der Waals surface area (Å²) in [6.07, 6.45) is -0.814. The van der Waals surface area contributed by atoms with E-state index in [1.54, 1.807) is 18.2 Å². The molecule has 2 fully saturated rings. The van der Waals surface area contributed by atoms with Crippen molar-refractivity contribution in [3.63, 3.8) is 0 Å². The Morgan fingerprint density at radius 3 is 2.47 bits per heavy atom. The maximum absolute atomic E-state index is 13.7. The summed E-state index contributed by atoms with van der Waals surface area (Å²) in [6, 6.07) is 8.11. The smallest absolute Gasteiger partial charge is 0.416 e. The summed E-state index contributed by atoms with van der Waals surface area (Å²) >= 11 is 6.50. The molecule has 4 rings (SSSR count). The SMILES string of the molecule is COC(=O)C1CN(Cc2c(C)cc(OCc3ccc(C4CCCC4)c(C(F)(F)F)c3)cc2Cl)C1. The Kier molecular flexibility index (Phi) is 7.43. The first kappa shape index (κ1) is 24.9. The third-order valence-corrected chi connectivity index (χ3v) is 7.23. The van der Waals surface area contributed by atoms with Gasteiger partial charge in [-0.15, -0.1) is 0 Å². The van der Waals surface area contributed by atoms with Gasteiger partial charge >= 0.3 is 12.1 Å². The number of methoxy groups -OCH3 is 1. The lowest BCUT2D eigenvalue weighted by atomic mass is 9.91. The molecule has 0 amide bonds. The van der Waals surface area contributed by atoms with Crippen LogP contribution in [0.25, 0.3) is 0 Å². The second kappa shape index (κ2) is 10.2. The number of benzene rings is 2. The zero-order valence-electron chi connectivity index (χ0n) is 19.4. The molecule has 8 heteroatoms. The number of rotatable bonds is 7. The van der Waals surface area contributed by atoms with E-state index in [1.165, 1.54) is 13.2 Å². The van der Waals surface area contributed by atoms with E-state index in [1.807, 2.05) is 13.0 Å². The molecule has 1 aliphatic carbocycles. The number of hydrogen-bond donors (Lipinski definition) is 0. The molecule has 1 heterocycles. The number of esters is 1. The quantitative estimate of drug-likeness (QED) is 0.410. The van der Waals surface area contributed by atoms with Crippen molar-refractivity contribution in [3.05, 3.63) is 63.2 Å². The Morgan fingerprint density at radius 2 is 1.85 bits per heavy atom. The Bertz CT molecular complexity index is 1020. The van der Waals surface area contributed by atoms with Gasteiger partial charge in [0.2, 0.25) is 0 Å². The van der Waals surface area contributed by atoms with E-state index in [0.29, 0.717) is 41.5 Å². The predicted octanol–water partition coefficient (Wildman–Crippen LogP) is 6.51. The number of carbonyl (C=O) groups is 1. The summed E-state index contributed by atoms with van der Waals surface area (Å²) in [6.45, 7) is 3.80. The van der Waals surface area contributed by atoms with E-state index >= 15 is 0 Å². The van der Waals surface area contributed by atoms with Crippen molar-refractivity contribution in [1.29, 1.82) is 0 Å². The van der Waals surface area contributed by atoms with Crippen LogP contribution in [0.15, 0.2) is 30.3 Å². The highest BCUT2D eigenvalue weighted by Crippen LogP contribution is 2.42. The summed E-state index contributed by atoms with van der Waals surface area (Å²) in [4.78, 5) is 13.7. The first-order valence-electron chi connectivity index (χ1n) is 11.6. The Balaban J connectivity index is 1.42. The minimum Gasteiger partial charge on any atom is -0.489 e. The molecule has 2 aromatic carbocycles. The zero-order chi connectivity index (χ0) is 24.5. The topological polar surface area (TPSA) is 38.8 Å². The van der Waals surface area contributed by atoms with Crippen molar-refractivity contribution in [1.82, 2.24) is 4.90 Å². The average molecular weight is 496 g/mol. The summed E-state index contributed by atoms with van der Waals surface area (Å²) in [5.74, 6) is 0.187. The number of likely N-dealkylation sites (tertiary alicyclic amines) is 1. The highest BCUT2D eigenvalue weighted by atomic mass is 35.5. The van der Waals surface area contributed by atoms with E-state index in [9.17, 15) is 18.0 Å². The number of ether oxygens (including phenoxy) is 2. The second-order valence-electron chi connectivity index (χ2n) is 9.30. The molecule has 0 bridgehead atoms. The molecule has 0 unspecified atom stereocenters. The molecule has 4 nitrogen and oxygen atoms in total. The third-order valence-electron chi connectivity index (χ3n) is 6.89. The molecule has 0 N–H and O–H groups in total. The number of alkyl halides is 3. The van der Waals surface area contributed by atoms with Gasteiger partial charge in [0.25, 0.3) is 0 Å². The van der Waals surface area contributed by atoms with Gasteiger partial charge in [-0.25, -0.2) is 0 Å². The van der Waals surface area contributed by atoms with Crippen LogP contribution in [0.4, 0.5) is 13.2 Å². The molecule has 0 spiro atoms. The van der Waals surface area contributed by atoms with Crippen LogP contribution < -0.4 is 4.74 Å². The molecule has 2 aliphatic rings. The highest BCUT2D eigenvalue weighted by molar-refractivity contribution is 6.31. The first-order valence-corrected chi connectivity index (χ1v) is 12.0. The monoisotopic (exact) mass is 495 g/mol. The molecule has 1 saturated carbocycles. The third kappa shape index (κ3) is 5.52. The zero-order valence-corrected chi connectivity index (χ0v) is 20.1. The van der Waals surface area contributed by atoms with E-state index in [-0.39, 0.29) is 24.4 Å².